The second-order valence-corrected chi connectivity index (χ2v) is 8.58. The van der Waals surface area contributed by atoms with Crippen molar-refractivity contribution in [2.24, 2.45) is 11.3 Å². The zero-order chi connectivity index (χ0) is 21.2. The zero-order valence-electron chi connectivity index (χ0n) is 17.3. The first-order chi connectivity index (χ1) is 13.1. The molecule has 28 heavy (non-hydrogen) atoms. The van der Waals surface area contributed by atoms with E-state index < -0.39 is 35.4 Å². The Balaban J connectivity index is 2.69. The van der Waals surface area contributed by atoms with Gasteiger partial charge >= 0.3 is 12.4 Å². The van der Waals surface area contributed by atoms with Crippen molar-refractivity contribution in [2.45, 2.75) is 103 Å². The first-order valence-corrected chi connectivity index (χ1v) is 10.6. The van der Waals surface area contributed by atoms with Gasteiger partial charge in [-0.2, -0.15) is 8.78 Å². The Hall–Kier alpha value is -1.01. The van der Waals surface area contributed by atoms with Gasteiger partial charge in [-0.3, -0.25) is 4.79 Å². The lowest BCUT2D eigenvalue weighted by atomic mass is 9.70. The summed E-state index contributed by atoms with van der Waals surface area (Å²) in [5, 5.41) is 29.6. The summed E-state index contributed by atoms with van der Waals surface area (Å²) < 4.78 is 28.1. The fourth-order valence-corrected chi connectivity index (χ4v) is 4.29. The van der Waals surface area contributed by atoms with Crippen LogP contribution in [0.2, 0.25) is 0 Å². The minimum Gasteiger partial charge on any atom is -0.481 e. The highest BCUT2D eigenvalue weighted by Crippen LogP contribution is 2.56. The van der Waals surface area contributed by atoms with E-state index in [1.54, 1.807) is 13.0 Å². The van der Waals surface area contributed by atoms with E-state index in [0.29, 0.717) is 38.5 Å². The lowest BCUT2D eigenvalue weighted by molar-refractivity contribution is -0.137. The summed E-state index contributed by atoms with van der Waals surface area (Å²) in [6, 6.07) is 0. The first kappa shape index (κ1) is 25.0. The van der Waals surface area contributed by atoms with E-state index in [9.17, 15) is 23.8 Å². The molecular formula is C22H37F2O4. The maximum Gasteiger partial charge on any atom is 0.316 e. The summed E-state index contributed by atoms with van der Waals surface area (Å²) in [4.78, 5) is 10.5. The Morgan fingerprint density at radius 2 is 1.93 bits per heavy atom. The smallest absolute Gasteiger partial charge is 0.316 e. The number of unbranched alkanes of at least 4 members (excludes halogenated alkanes) is 3. The van der Waals surface area contributed by atoms with Crippen molar-refractivity contribution in [3.05, 3.63) is 18.6 Å². The molecule has 4 atom stereocenters. The standard InChI is InChI=1S/C22H37F2O4/c1-3-4-9-13-21(2,28)15-16-22(20(23)24)14-12-18(25)17(22)10-7-5-6-8-11-19(26)27/h5,7,17-18,25,28H,3-4,6,8-16H2,1-2H3,(H,26,27)/t17-,18+,21?,22-/m1/s1. The molecule has 1 aliphatic carbocycles. The highest BCUT2D eigenvalue weighted by Gasteiger charge is 2.54. The molecule has 0 heterocycles. The number of carboxylic acids is 1. The van der Waals surface area contributed by atoms with Crippen molar-refractivity contribution in [3.63, 3.8) is 0 Å². The van der Waals surface area contributed by atoms with Crippen LogP contribution < -0.4 is 0 Å². The number of hydrogen-bond acceptors (Lipinski definition) is 3. The average molecular weight is 404 g/mol. The highest BCUT2D eigenvalue weighted by molar-refractivity contribution is 5.66. The van der Waals surface area contributed by atoms with Crippen molar-refractivity contribution >= 4 is 5.97 Å². The number of aliphatic carboxylic acids is 1. The van der Waals surface area contributed by atoms with Crippen LogP contribution in [-0.4, -0.2) is 33.0 Å². The molecular weight excluding hydrogens is 366 g/mol. The molecule has 1 aliphatic rings. The summed E-state index contributed by atoms with van der Waals surface area (Å²) in [7, 11) is 0. The van der Waals surface area contributed by atoms with Crippen LogP contribution in [0.4, 0.5) is 8.78 Å². The SMILES string of the molecule is CCCCCC(C)(O)CC[C@]1([C](F)F)CC[C@H](O)[C@H]1CC=CCCCC(=O)O. The van der Waals surface area contributed by atoms with E-state index in [1.165, 1.54) is 0 Å². The Morgan fingerprint density at radius 3 is 2.54 bits per heavy atom. The van der Waals surface area contributed by atoms with Gasteiger partial charge in [-0.1, -0.05) is 38.3 Å². The van der Waals surface area contributed by atoms with Gasteiger partial charge in [0.05, 0.1) is 11.7 Å². The van der Waals surface area contributed by atoms with Gasteiger partial charge < -0.3 is 15.3 Å². The topological polar surface area (TPSA) is 77.8 Å². The fraction of sp³-hybridized carbons (Fsp3) is 0.818. The van der Waals surface area contributed by atoms with Gasteiger partial charge in [0.2, 0.25) is 0 Å². The quantitative estimate of drug-likeness (QED) is 0.265. The van der Waals surface area contributed by atoms with Crippen molar-refractivity contribution in [2.75, 3.05) is 0 Å². The van der Waals surface area contributed by atoms with Crippen LogP contribution in [0.5, 0.6) is 0 Å². The van der Waals surface area contributed by atoms with Gasteiger partial charge in [-0.05, 0) is 64.2 Å². The summed E-state index contributed by atoms with van der Waals surface area (Å²) in [5.74, 6) is -1.42. The minimum atomic E-state index is -1.64. The summed E-state index contributed by atoms with van der Waals surface area (Å²) in [5.41, 5.74) is -2.32. The Bertz CT molecular complexity index is 493. The van der Waals surface area contributed by atoms with Gasteiger partial charge in [0, 0.05) is 11.8 Å². The molecule has 0 amide bonds. The Labute approximate surface area is 168 Å². The zero-order valence-corrected chi connectivity index (χ0v) is 17.3. The Morgan fingerprint density at radius 1 is 1.21 bits per heavy atom. The fourth-order valence-electron chi connectivity index (χ4n) is 4.29. The lowest BCUT2D eigenvalue weighted by Crippen LogP contribution is -2.36. The molecule has 1 unspecified atom stereocenters. The number of aliphatic hydroxyl groups is 2. The number of halogens is 2. The van der Waals surface area contributed by atoms with E-state index in [-0.39, 0.29) is 19.3 Å². The maximum absolute atomic E-state index is 14.1. The van der Waals surface area contributed by atoms with Crippen LogP contribution in [0.3, 0.4) is 0 Å². The molecule has 6 heteroatoms. The van der Waals surface area contributed by atoms with Crippen LogP contribution in [-0.2, 0) is 4.79 Å². The minimum absolute atomic E-state index is 0.0837. The average Bonchev–Trinajstić information content (AvgIpc) is 2.93. The summed E-state index contributed by atoms with van der Waals surface area (Å²) in [6.07, 6.45) is 7.26. The molecule has 163 valence electrons. The van der Waals surface area contributed by atoms with E-state index in [1.807, 2.05) is 6.08 Å². The monoisotopic (exact) mass is 403 g/mol. The number of rotatable bonds is 14. The predicted molar refractivity (Wildman–Crippen MR) is 106 cm³/mol. The molecule has 0 aromatic heterocycles. The van der Waals surface area contributed by atoms with Gasteiger partial charge in [0.25, 0.3) is 0 Å². The molecule has 1 rings (SSSR count). The second kappa shape index (κ2) is 11.9. The number of aliphatic hydroxyl groups excluding tert-OH is 1. The highest BCUT2D eigenvalue weighted by atomic mass is 19.3. The molecule has 0 aromatic carbocycles. The van der Waals surface area contributed by atoms with Crippen molar-refractivity contribution < 1.29 is 28.9 Å². The van der Waals surface area contributed by atoms with Crippen LogP contribution >= 0.6 is 0 Å². The van der Waals surface area contributed by atoms with E-state index in [4.69, 9.17) is 5.11 Å². The molecule has 1 radical (unpaired) electrons. The number of carbonyl (C=O) groups is 1. The normalized spacial score (nSPS) is 27.5. The molecule has 1 fully saturated rings. The van der Waals surface area contributed by atoms with Crippen LogP contribution in [0, 0.1) is 17.8 Å². The number of allylic oxidation sites excluding steroid dienone is 2. The molecule has 0 aliphatic heterocycles. The molecule has 0 bridgehead atoms. The molecule has 0 saturated heterocycles. The van der Waals surface area contributed by atoms with E-state index in [2.05, 4.69) is 6.92 Å². The number of carboxylic acid groups (broad SMARTS) is 1. The Kier molecular flexibility index (Phi) is 10.6. The third kappa shape index (κ3) is 7.78. The van der Waals surface area contributed by atoms with E-state index in [0.717, 1.165) is 19.3 Å². The third-order valence-electron chi connectivity index (χ3n) is 6.18. The predicted octanol–water partition coefficient (Wildman–Crippen LogP) is 5.48. The van der Waals surface area contributed by atoms with Crippen LogP contribution in [0.15, 0.2) is 12.2 Å². The molecule has 4 nitrogen and oxygen atoms in total. The van der Waals surface area contributed by atoms with E-state index >= 15 is 0 Å². The van der Waals surface area contributed by atoms with Gasteiger partial charge in [-0.25, -0.2) is 0 Å². The molecule has 0 aromatic rings. The molecule has 0 spiro atoms. The van der Waals surface area contributed by atoms with Crippen molar-refractivity contribution in [1.82, 2.24) is 0 Å². The largest absolute Gasteiger partial charge is 0.481 e. The summed E-state index contributed by atoms with van der Waals surface area (Å²) in [6.45, 7) is 3.80. The van der Waals surface area contributed by atoms with Gasteiger partial charge in [0.15, 0.2) is 0 Å². The van der Waals surface area contributed by atoms with Crippen molar-refractivity contribution in [1.29, 1.82) is 0 Å². The maximum atomic E-state index is 14.1. The molecule has 3 N–H and O–H groups in total. The second-order valence-electron chi connectivity index (χ2n) is 8.58. The number of hydrogen-bond donors (Lipinski definition) is 3. The van der Waals surface area contributed by atoms with Gasteiger partial charge in [0.1, 0.15) is 0 Å². The van der Waals surface area contributed by atoms with Crippen LogP contribution in [0.1, 0.15) is 90.9 Å². The van der Waals surface area contributed by atoms with Crippen molar-refractivity contribution in [3.8, 4) is 0 Å². The molecule has 1 saturated carbocycles. The van der Waals surface area contributed by atoms with Gasteiger partial charge in [-0.15, -0.1) is 0 Å². The lowest BCUT2D eigenvalue weighted by Gasteiger charge is -2.37. The first-order valence-electron chi connectivity index (χ1n) is 10.6. The van der Waals surface area contributed by atoms with Crippen LogP contribution in [0.25, 0.3) is 0 Å². The third-order valence-corrected chi connectivity index (χ3v) is 6.18. The summed E-state index contributed by atoms with van der Waals surface area (Å²) >= 11 is 0.